The van der Waals surface area contributed by atoms with Crippen molar-refractivity contribution in [1.82, 2.24) is 4.57 Å². The average Bonchev–Trinajstić information content (AvgIpc) is 2.78. The van der Waals surface area contributed by atoms with Crippen molar-refractivity contribution in [3.05, 3.63) is 45.7 Å². The molecule has 0 spiro atoms. The number of amides is 1. The summed E-state index contributed by atoms with van der Waals surface area (Å²) < 4.78 is 1.85. The molecule has 0 bridgehead atoms. The minimum Gasteiger partial charge on any atom is -0.292 e. The van der Waals surface area contributed by atoms with Gasteiger partial charge in [-0.25, -0.2) is 0 Å². The molecule has 1 amide bonds. The van der Waals surface area contributed by atoms with E-state index in [9.17, 15) is 4.79 Å². The van der Waals surface area contributed by atoms with E-state index in [0.717, 1.165) is 10.6 Å². The van der Waals surface area contributed by atoms with Gasteiger partial charge in [0.1, 0.15) is 0 Å². The second-order valence-electron chi connectivity index (χ2n) is 5.82. The molecule has 21 heavy (non-hydrogen) atoms. The van der Waals surface area contributed by atoms with Crippen LogP contribution in [0, 0.1) is 23.7 Å². The minimum atomic E-state index is -0.510. The van der Waals surface area contributed by atoms with E-state index in [4.69, 9.17) is 5.26 Å². The first kappa shape index (κ1) is 15.2. The Hall–Kier alpha value is -2.19. The van der Waals surface area contributed by atoms with Crippen LogP contribution in [0.1, 0.15) is 31.2 Å². The summed E-state index contributed by atoms with van der Waals surface area (Å²) in [6.45, 7) is 7.51. The largest absolute Gasteiger partial charge is 0.292 e. The van der Waals surface area contributed by atoms with Crippen LogP contribution in [0.2, 0.25) is 0 Å². The molecule has 0 aliphatic heterocycles. The fourth-order valence-corrected chi connectivity index (χ4v) is 2.53. The Bertz CT molecular complexity index is 785. The van der Waals surface area contributed by atoms with Gasteiger partial charge < -0.3 is 0 Å². The Labute approximate surface area is 128 Å². The van der Waals surface area contributed by atoms with Crippen molar-refractivity contribution in [2.75, 3.05) is 0 Å². The van der Waals surface area contributed by atoms with E-state index in [-0.39, 0.29) is 5.91 Å². The van der Waals surface area contributed by atoms with Crippen molar-refractivity contribution in [3.63, 3.8) is 0 Å². The molecule has 0 N–H and O–H groups in total. The van der Waals surface area contributed by atoms with Crippen LogP contribution in [0.15, 0.2) is 35.5 Å². The average molecular weight is 299 g/mol. The molecule has 0 atom stereocenters. The number of benzene rings is 1. The molecule has 0 saturated heterocycles. The molecule has 0 fully saturated rings. The third-order valence-electron chi connectivity index (χ3n) is 2.86. The van der Waals surface area contributed by atoms with Gasteiger partial charge in [-0.3, -0.25) is 9.36 Å². The highest BCUT2D eigenvalue weighted by Gasteiger charge is 2.20. The van der Waals surface area contributed by atoms with E-state index in [1.165, 1.54) is 11.3 Å². The Morgan fingerprint density at radius 2 is 2.10 bits per heavy atom. The van der Waals surface area contributed by atoms with Gasteiger partial charge in [-0.15, -0.1) is 11.3 Å². The summed E-state index contributed by atoms with van der Waals surface area (Å²) in [5.74, 6) is -0.158. The van der Waals surface area contributed by atoms with E-state index in [0.29, 0.717) is 10.4 Å². The quantitative estimate of drug-likeness (QED) is 0.812. The van der Waals surface area contributed by atoms with Crippen LogP contribution in [-0.2, 0) is 4.79 Å². The zero-order valence-electron chi connectivity index (χ0n) is 12.5. The molecule has 2 rings (SSSR count). The Balaban J connectivity index is 2.59. The molecule has 0 radical (unpaired) electrons. The number of hydrogen-bond acceptors (Lipinski definition) is 3. The van der Waals surface area contributed by atoms with E-state index < -0.39 is 5.41 Å². The number of nitrogens with zero attached hydrogens (tertiary/aromatic N) is 3. The van der Waals surface area contributed by atoms with Gasteiger partial charge in [-0.1, -0.05) is 26.8 Å². The van der Waals surface area contributed by atoms with Crippen LogP contribution in [-0.4, -0.2) is 10.5 Å². The third kappa shape index (κ3) is 3.47. The van der Waals surface area contributed by atoms with Crippen molar-refractivity contribution in [2.24, 2.45) is 10.4 Å². The summed E-state index contributed by atoms with van der Waals surface area (Å²) in [5, 5.41) is 9.00. The van der Waals surface area contributed by atoms with Crippen molar-refractivity contribution in [2.45, 2.75) is 27.7 Å². The van der Waals surface area contributed by atoms with Gasteiger partial charge >= 0.3 is 0 Å². The number of carbonyl (C=O) groups is 1. The first-order valence-corrected chi connectivity index (χ1v) is 7.42. The van der Waals surface area contributed by atoms with Crippen molar-refractivity contribution in [1.29, 1.82) is 5.26 Å². The topological polar surface area (TPSA) is 58.1 Å². The molecule has 0 aliphatic carbocycles. The SMILES string of the molecule is Cc1cn(-c2cccc(C#N)c2)c(=NC(=O)C(C)(C)C)s1. The van der Waals surface area contributed by atoms with Gasteiger partial charge in [0.25, 0.3) is 5.91 Å². The fourth-order valence-electron chi connectivity index (χ4n) is 1.70. The van der Waals surface area contributed by atoms with Crippen LogP contribution < -0.4 is 4.80 Å². The number of nitriles is 1. The molecule has 1 heterocycles. The van der Waals surface area contributed by atoms with Gasteiger partial charge in [-0.2, -0.15) is 10.3 Å². The fraction of sp³-hybridized carbons (Fsp3) is 0.312. The molecule has 2 aromatic rings. The van der Waals surface area contributed by atoms with Crippen molar-refractivity contribution < 1.29 is 4.79 Å². The summed E-state index contributed by atoms with van der Waals surface area (Å²) in [5.41, 5.74) is 0.903. The standard InChI is InChI=1S/C16H17N3OS/c1-11-10-19(13-7-5-6-12(8-13)9-17)15(21-11)18-14(20)16(2,3)4/h5-8,10H,1-4H3. The predicted molar refractivity (Wildman–Crippen MR) is 83.1 cm³/mol. The summed E-state index contributed by atoms with van der Waals surface area (Å²) >= 11 is 1.46. The maximum atomic E-state index is 12.1. The van der Waals surface area contributed by atoms with Gasteiger partial charge in [0.15, 0.2) is 4.80 Å². The molecule has 0 saturated carbocycles. The van der Waals surface area contributed by atoms with Crippen LogP contribution in [0.3, 0.4) is 0 Å². The number of aromatic nitrogens is 1. The van der Waals surface area contributed by atoms with Gasteiger partial charge in [0, 0.05) is 22.2 Å². The van der Waals surface area contributed by atoms with Gasteiger partial charge in [0.05, 0.1) is 11.6 Å². The second-order valence-corrected chi connectivity index (χ2v) is 7.04. The van der Waals surface area contributed by atoms with Crippen LogP contribution >= 0.6 is 11.3 Å². The van der Waals surface area contributed by atoms with Crippen molar-refractivity contribution in [3.8, 4) is 11.8 Å². The molecular formula is C16H17N3OS. The normalized spacial score (nSPS) is 12.2. The summed E-state index contributed by atoms with van der Waals surface area (Å²) in [7, 11) is 0. The third-order valence-corrected chi connectivity index (χ3v) is 3.76. The van der Waals surface area contributed by atoms with E-state index in [1.54, 1.807) is 12.1 Å². The number of thiazole rings is 1. The number of rotatable bonds is 1. The first-order chi connectivity index (χ1) is 9.81. The highest BCUT2D eigenvalue weighted by Crippen LogP contribution is 2.16. The lowest BCUT2D eigenvalue weighted by atomic mass is 9.96. The molecular weight excluding hydrogens is 282 g/mol. The number of hydrogen-bond donors (Lipinski definition) is 0. The lowest BCUT2D eigenvalue weighted by Crippen LogP contribution is -2.22. The zero-order chi connectivity index (χ0) is 15.6. The number of aryl methyl sites for hydroxylation is 1. The van der Waals surface area contributed by atoms with Gasteiger partial charge in [0.2, 0.25) is 0 Å². The second kappa shape index (κ2) is 5.66. The molecule has 1 aromatic carbocycles. The van der Waals surface area contributed by atoms with Gasteiger partial charge in [-0.05, 0) is 25.1 Å². The number of carbonyl (C=O) groups excluding carboxylic acids is 1. The molecule has 0 aliphatic rings. The van der Waals surface area contributed by atoms with E-state index in [1.807, 2.05) is 50.6 Å². The molecule has 0 unspecified atom stereocenters. The summed E-state index contributed by atoms with van der Waals surface area (Å²) in [6.07, 6.45) is 1.93. The molecule has 4 nitrogen and oxygen atoms in total. The lowest BCUT2D eigenvalue weighted by Gasteiger charge is -2.11. The maximum absolute atomic E-state index is 12.1. The van der Waals surface area contributed by atoms with Crippen LogP contribution in [0.25, 0.3) is 5.69 Å². The van der Waals surface area contributed by atoms with E-state index in [2.05, 4.69) is 11.1 Å². The summed E-state index contributed by atoms with van der Waals surface area (Å²) in [6, 6.07) is 9.37. The van der Waals surface area contributed by atoms with Crippen LogP contribution in [0.5, 0.6) is 0 Å². The smallest absolute Gasteiger partial charge is 0.253 e. The van der Waals surface area contributed by atoms with Crippen LogP contribution in [0.4, 0.5) is 0 Å². The molecule has 108 valence electrons. The Morgan fingerprint density at radius 1 is 1.38 bits per heavy atom. The first-order valence-electron chi connectivity index (χ1n) is 6.60. The van der Waals surface area contributed by atoms with E-state index >= 15 is 0 Å². The lowest BCUT2D eigenvalue weighted by molar-refractivity contribution is -0.125. The Kier molecular flexibility index (Phi) is 4.10. The highest BCUT2D eigenvalue weighted by molar-refractivity contribution is 7.09. The highest BCUT2D eigenvalue weighted by atomic mass is 32.1. The molecule has 1 aromatic heterocycles. The minimum absolute atomic E-state index is 0.158. The molecule has 5 heteroatoms. The maximum Gasteiger partial charge on any atom is 0.253 e. The van der Waals surface area contributed by atoms with Crippen molar-refractivity contribution >= 4 is 17.2 Å². The zero-order valence-corrected chi connectivity index (χ0v) is 13.4. The summed E-state index contributed by atoms with van der Waals surface area (Å²) in [4.78, 5) is 18.0. The predicted octanol–water partition coefficient (Wildman–Crippen LogP) is 3.19. The Morgan fingerprint density at radius 3 is 2.71 bits per heavy atom. The monoisotopic (exact) mass is 299 g/mol.